The summed E-state index contributed by atoms with van der Waals surface area (Å²) in [6.07, 6.45) is 1.66. The van der Waals surface area contributed by atoms with Crippen molar-refractivity contribution in [3.8, 4) is 11.5 Å². The third-order valence-corrected chi connectivity index (χ3v) is 8.14. The highest BCUT2D eigenvalue weighted by Gasteiger charge is 2.37. The molecule has 2 aromatic carbocycles. The van der Waals surface area contributed by atoms with Crippen LogP contribution >= 0.6 is 0 Å². The summed E-state index contributed by atoms with van der Waals surface area (Å²) < 4.78 is 43.1. The Labute approximate surface area is 204 Å². The van der Waals surface area contributed by atoms with Crippen LogP contribution < -0.4 is 8.92 Å². The Kier molecular flexibility index (Phi) is 6.64. The number of benzene rings is 2. The van der Waals surface area contributed by atoms with Gasteiger partial charge in [0.15, 0.2) is 5.75 Å². The molecule has 0 radical (unpaired) electrons. The summed E-state index contributed by atoms with van der Waals surface area (Å²) >= 11 is 0. The van der Waals surface area contributed by atoms with Gasteiger partial charge in [0.25, 0.3) is 0 Å². The number of carbonyl (C=O) groups is 2. The van der Waals surface area contributed by atoms with Gasteiger partial charge in [0, 0.05) is 17.5 Å². The minimum absolute atomic E-state index is 0.0000107. The van der Waals surface area contributed by atoms with Gasteiger partial charge >= 0.3 is 22.1 Å². The second kappa shape index (κ2) is 9.37. The van der Waals surface area contributed by atoms with Crippen molar-refractivity contribution >= 4 is 22.1 Å². The third-order valence-electron chi connectivity index (χ3n) is 6.90. The van der Waals surface area contributed by atoms with Crippen LogP contribution in [0.2, 0.25) is 0 Å². The molecule has 2 aromatic rings. The summed E-state index contributed by atoms with van der Waals surface area (Å²) in [6, 6.07) is 6.24. The second-order valence-electron chi connectivity index (χ2n) is 9.04. The number of allylic oxidation sites excluding steroid dienone is 2. The van der Waals surface area contributed by atoms with Gasteiger partial charge in [0.1, 0.15) is 22.8 Å². The standard InChI is InChI=1S/C26H28O8S/c1-14-5-9-19(10-6-14)35(30,31)34-25-20(11-17-7-8-18(15(17)2)12-22(27)28)24(32-4)16(3)21-13-33-26(29)23(21)25/h5-6,9-10,18H,7-8,11-13H2,1-4H3,(H,27,28). The SMILES string of the molecule is COc1c(C)c2c(c(OS(=O)(=O)c3ccc(C)cc3)c1CC1=C(C)C(CC(=O)O)CC1)C(=O)OC2. The molecule has 0 fully saturated rings. The number of fused-ring (bicyclic) bond motifs is 1. The van der Waals surface area contributed by atoms with E-state index in [-0.39, 0.29) is 41.6 Å². The largest absolute Gasteiger partial charge is 0.496 e. The zero-order valence-corrected chi connectivity index (χ0v) is 21.0. The van der Waals surface area contributed by atoms with E-state index in [0.717, 1.165) is 16.7 Å². The second-order valence-corrected chi connectivity index (χ2v) is 10.6. The highest BCUT2D eigenvalue weighted by Crippen LogP contribution is 2.46. The van der Waals surface area contributed by atoms with E-state index in [0.29, 0.717) is 35.3 Å². The van der Waals surface area contributed by atoms with Crippen LogP contribution in [0.4, 0.5) is 0 Å². The molecule has 0 saturated carbocycles. The molecule has 186 valence electrons. The van der Waals surface area contributed by atoms with Crippen molar-refractivity contribution in [3.05, 3.63) is 63.2 Å². The normalized spacial score (nSPS) is 17.4. The number of esters is 1. The summed E-state index contributed by atoms with van der Waals surface area (Å²) in [5.74, 6) is -1.26. The fourth-order valence-electron chi connectivity index (χ4n) is 4.90. The van der Waals surface area contributed by atoms with Crippen LogP contribution in [0.25, 0.3) is 0 Å². The van der Waals surface area contributed by atoms with Crippen LogP contribution in [-0.2, 0) is 32.7 Å². The van der Waals surface area contributed by atoms with Crippen molar-refractivity contribution in [2.45, 2.75) is 58.0 Å². The van der Waals surface area contributed by atoms with Gasteiger partial charge in [-0.3, -0.25) is 4.79 Å². The topological polar surface area (TPSA) is 116 Å². The quantitative estimate of drug-likeness (QED) is 0.320. The Hall–Kier alpha value is -3.33. The van der Waals surface area contributed by atoms with Crippen LogP contribution in [0.5, 0.6) is 11.5 Å². The smallest absolute Gasteiger partial charge is 0.342 e. The summed E-state index contributed by atoms with van der Waals surface area (Å²) in [5.41, 5.74) is 4.58. The highest BCUT2D eigenvalue weighted by atomic mass is 32.2. The molecule has 1 unspecified atom stereocenters. The van der Waals surface area contributed by atoms with E-state index in [1.165, 1.54) is 19.2 Å². The molecule has 35 heavy (non-hydrogen) atoms. The molecule has 1 heterocycles. The number of carbonyl (C=O) groups excluding carboxylic acids is 1. The Morgan fingerprint density at radius 2 is 1.83 bits per heavy atom. The number of carboxylic acid groups (broad SMARTS) is 1. The molecule has 1 N–H and O–H groups in total. The van der Waals surface area contributed by atoms with Crippen molar-refractivity contribution in [2.24, 2.45) is 5.92 Å². The average Bonchev–Trinajstić information content (AvgIpc) is 3.34. The number of hydrogen-bond donors (Lipinski definition) is 1. The van der Waals surface area contributed by atoms with E-state index in [1.54, 1.807) is 19.1 Å². The highest BCUT2D eigenvalue weighted by molar-refractivity contribution is 7.87. The van der Waals surface area contributed by atoms with E-state index in [1.807, 2.05) is 13.8 Å². The van der Waals surface area contributed by atoms with E-state index in [9.17, 15) is 23.1 Å². The minimum atomic E-state index is -4.27. The van der Waals surface area contributed by atoms with E-state index >= 15 is 0 Å². The molecule has 0 aromatic heterocycles. The zero-order valence-electron chi connectivity index (χ0n) is 20.1. The molecule has 0 spiro atoms. The molecule has 0 amide bonds. The van der Waals surface area contributed by atoms with Crippen molar-refractivity contribution in [2.75, 3.05) is 7.11 Å². The first kappa shape index (κ1) is 24.8. The average molecular weight is 501 g/mol. The van der Waals surface area contributed by atoms with Gasteiger partial charge in [0.05, 0.1) is 13.5 Å². The maximum Gasteiger partial charge on any atom is 0.342 e. The van der Waals surface area contributed by atoms with Crippen LogP contribution in [-0.4, -0.2) is 32.6 Å². The molecule has 2 aliphatic rings. The molecular weight excluding hydrogens is 472 g/mol. The predicted molar refractivity (Wildman–Crippen MR) is 127 cm³/mol. The fourth-order valence-corrected chi connectivity index (χ4v) is 5.87. The molecule has 8 nitrogen and oxygen atoms in total. The van der Waals surface area contributed by atoms with Crippen LogP contribution in [0, 0.1) is 19.8 Å². The zero-order chi connectivity index (χ0) is 25.5. The number of methoxy groups -OCH3 is 1. The number of carboxylic acids is 1. The number of cyclic esters (lactones) is 1. The molecule has 1 aliphatic heterocycles. The van der Waals surface area contributed by atoms with Crippen LogP contribution in [0.3, 0.4) is 0 Å². The number of rotatable bonds is 8. The maximum absolute atomic E-state index is 13.2. The van der Waals surface area contributed by atoms with E-state index in [2.05, 4.69) is 0 Å². The first-order valence-corrected chi connectivity index (χ1v) is 12.7. The predicted octanol–water partition coefficient (Wildman–Crippen LogP) is 4.49. The maximum atomic E-state index is 13.2. The molecule has 0 saturated heterocycles. The first-order valence-electron chi connectivity index (χ1n) is 11.3. The van der Waals surface area contributed by atoms with Gasteiger partial charge in [0.2, 0.25) is 0 Å². The lowest BCUT2D eigenvalue weighted by molar-refractivity contribution is -0.137. The summed E-state index contributed by atoms with van der Waals surface area (Å²) in [7, 11) is -2.78. The summed E-state index contributed by atoms with van der Waals surface area (Å²) in [4.78, 5) is 23.9. The van der Waals surface area contributed by atoms with Gasteiger partial charge in [-0.15, -0.1) is 0 Å². The van der Waals surface area contributed by atoms with Crippen molar-refractivity contribution in [1.82, 2.24) is 0 Å². The number of ether oxygens (including phenoxy) is 2. The molecular formula is C26H28O8S. The molecule has 1 atom stereocenters. The third kappa shape index (κ3) is 4.65. The Morgan fingerprint density at radius 3 is 2.46 bits per heavy atom. The Bertz CT molecular complexity index is 1340. The Morgan fingerprint density at radius 1 is 1.14 bits per heavy atom. The lowest BCUT2D eigenvalue weighted by Gasteiger charge is -2.20. The first-order chi connectivity index (χ1) is 16.5. The fraction of sp³-hybridized carbons (Fsp3) is 0.385. The van der Waals surface area contributed by atoms with Crippen molar-refractivity contribution in [3.63, 3.8) is 0 Å². The van der Waals surface area contributed by atoms with Gasteiger partial charge in [-0.05, 0) is 57.2 Å². The summed E-state index contributed by atoms with van der Waals surface area (Å²) in [6.45, 7) is 5.54. The van der Waals surface area contributed by atoms with Gasteiger partial charge in [-0.2, -0.15) is 8.42 Å². The van der Waals surface area contributed by atoms with Crippen LogP contribution in [0.1, 0.15) is 58.8 Å². The molecule has 1 aliphatic carbocycles. The number of aryl methyl sites for hydroxylation is 1. The van der Waals surface area contributed by atoms with E-state index in [4.69, 9.17) is 13.7 Å². The van der Waals surface area contributed by atoms with Crippen molar-refractivity contribution in [1.29, 1.82) is 0 Å². The molecule has 0 bridgehead atoms. The molecule has 4 rings (SSSR count). The van der Waals surface area contributed by atoms with Gasteiger partial charge < -0.3 is 18.8 Å². The number of aliphatic carboxylic acids is 1. The molecule has 9 heteroatoms. The Balaban J connectivity index is 1.86. The van der Waals surface area contributed by atoms with Crippen molar-refractivity contribution < 1.29 is 36.8 Å². The van der Waals surface area contributed by atoms with E-state index < -0.39 is 22.1 Å². The van der Waals surface area contributed by atoms with Crippen LogP contribution in [0.15, 0.2) is 40.3 Å². The van der Waals surface area contributed by atoms with Gasteiger partial charge in [-0.25, -0.2) is 4.79 Å². The summed E-state index contributed by atoms with van der Waals surface area (Å²) in [5, 5.41) is 9.24. The number of hydrogen-bond acceptors (Lipinski definition) is 7. The van der Waals surface area contributed by atoms with Gasteiger partial charge in [-0.1, -0.05) is 28.8 Å². The minimum Gasteiger partial charge on any atom is -0.496 e. The lowest BCUT2D eigenvalue weighted by atomic mass is 9.92. The monoisotopic (exact) mass is 500 g/mol. The lowest BCUT2D eigenvalue weighted by Crippen LogP contribution is -2.15.